The van der Waals surface area contributed by atoms with Gasteiger partial charge in [-0.2, -0.15) is 0 Å². The molecule has 3 nitrogen and oxygen atoms in total. The van der Waals surface area contributed by atoms with E-state index >= 15 is 0 Å². The molecular weight excluding hydrogens is 200 g/mol. The van der Waals surface area contributed by atoms with Crippen molar-refractivity contribution in [3.63, 3.8) is 0 Å². The van der Waals surface area contributed by atoms with E-state index in [9.17, 15) is 4.79 Å². The van der Waals surface area contributed by atoms with Crippen molar-refractivity contribution in [1.29, 1.82) is 0 Å². The molecule has 1 saturated heterocycles. The molecule has 3 unspecified atom stereocenters. The Morgan fingerprint density at radius 1 is 1.25 bits per heavy atom. The number of carbonyl (C=O) groups excluding carboxylic acids is 1. The minimum absolute atomic E-state index is 0.185. The van der Waals surface area contributed by atoms with Crippen molar-refractivity contribution in [3.8, 4) is 0 Å². The second kappa shape index (κ2) is 5.17. The van der Waals surface area contributed by atoms with Crippen LogP contribution >= 0.6 is 0 Å². The summed E-state index contributed by atoms with van der Waals surface area (Å²) in [7, 11) is 0. The molecule has 0 aromatic heterocycles. The van der Waals surface area contributed by atoms with E-state index in [2.05, 4.69) is 6.92 Å². The Bertz CT molecular complexity index is 248. The van der Waals surface area contributed by atoms with E-state index in [4.69, 9.17) is 5.73 Å². The summed E-state index contributed by atoms with van der Waals surface area (Å²) >= 11 is 0. The average Bonchev–Trinajstić information content (AvgIpc) is 2.80. The summed E-state index contributed by atoms with van der Waals surface area (Å²) in [6, 6.07) is 0.326. The van der Waals surface area contributed by atoms with Crippen molar-refractivity contribution in [2.75, 3.05) is 13.1 Å². The van der Waals surface area contributed by atoms with Crippen LogP contribution in [0, 0.1) is 11.8 Å². The van der Waals surface area contributed by atoms with Gasteiger partial charge in [0.05, 0.1) is 0 Å². The van der Waals surface area contributed by atoms with Crippen molar-refractivity contribution in [1.82, 2.24) is 4.90 Å². The zero-order chi connectivity index (χ0) is 11.5. The molecule has 3 heteroatoms. The standard InChI is InChI=1S/C13H24N2O/c1-10(11-5-4-6-12(14)9-11)13(16)15-7-2-3-8-15/h10-12H,2-9,14H2,1H3. The quantitative estimate of drug-likeness (QED) is 0.777. The van der Waals surface area contributed by atoms with Crippen LogP contribution in [0.2, 0.25) is 0 Å². The van der Waals surface area contributed by atoms with E-state index < -0.39 is 0 Å². The molecule has 0 aromatic carbocycles. The van der Waals surface area contributed by atoms with Crippen LogP contribution in [0.4, 0.5) is 0 Å². The first-order valence-electron chi connectivity index (χ1n) is 6.73. The van der Waals surface area contributed by atoms with Crippen LogP contribution in [0.5, 0.6) is 0 Å². The van der Waals surface area contributed by atoms with E-state index in [1.54, 1.807) is 0 Å². The normalized spacial score (nSPS) is 32.8. The predicted molar refractivity (Wildman–Crippen MR) is 64.9 cm³/mol. The van der Waals surface area contributed by atoms with Gasteiger partial charge in [-0.25, -0.2) is 0 Å². The minimum Gasteiger partial charge on any atom is -0.342 e. The first-order valence-corrected chi connectivity index (χ1v) is 6.73. The largest absolute Gasteiger partial charge is 0.342 e. The fourth-order valence-electron chi connectivity index (χ4n) is 3.15. The summed E-state index contributed by atoms with van der Waals surface area (Å²) < 4.78 is 0. The number of amides is 1. The van der Waals surface area contributed by atoms with Gasteiger partial charge >= 0.3 is 0 Å². The molecule has 0 spiro atoms. The van der Waals surface area contributed by atoms with Crippen molar-refractivity contribution in [2.45, 2.75) is 51.5 Å². The van der Waals surface area contributed by atoms with Gasteiger partial charge in [0.1, 0.15) is 0 Å². The van der Waals surface area contributed by atoms with E-state index in [0.717, 1.165) is 25.9 Å². The zero-order valence-corrected chi connectivity index (χ0v) is 10.3. The van der Waals surface area contributed by atoms with Gasteiger partial charge < -0.3 is 10.6 Å². The topological polar surface area (TPSA) is 46.3 Å². The van der Waals surface area contributed by atoms with Crippen LogP contribution in [-0.4, -0.2) is 29.9 Å². The second-order valence-electron chi connectivity index (χ2n) is 5.51. The highest BCUT2D eigenvalue weighted by Crippen LogP contribution is 2.31. The summed E-state index contributed by atoms with van der Waals surface area (Å²) in [5.41, 5.74) is 5.99. The Morgan fingerprint density at radius 3 is 2.56 bits per heavy atom. The van der Waals surface area contributed by atoms with Gasteiger partial charge in [-0.3, -0.25) is 4.79 Å². The van der Waals surface area contributed by atoms with Gasteiger partial charge in [0.2, 0.25) is 5.91 Å². The fraction of sp³-hybridized carbons (Fsp3) is 0.923. The number of nitrogens with zero attached hydrogens (tertiary/aromatic N) is 1. The molecule has 2 aliphatic rings. The van der Waals surface area contributed by atoms with Crippen LogP contribution in [0.15, 0.2) is 0 Å². The fourth-order valence-corrected chi connectivity index (χ4v) is 3.15. The number of likely N-dealkylation sites (tertiary alicyclic amines) is 1. The van der Waals surface area contributed by atoms with Gasteiger partial charge in [0.15, 0.2) is 0 Å². The van der Waals surface area contributed by atoms with Crippen molar-refractivity contribution < 1.29 is 4.79 Å². The number of carbonyl (C=O) groups is 1. The molecule has 1 saturated carbocycles. The molecular formula is C13H24N2O. The highest BCUT2D eigenvalue weighted by Gasteiger charge is 2.31. The summed E-state index contributed by atoms with van der Waals surface area (Å²) in [6.45, 7) is 4.05. The van der Waals surface area contributed by atoms with E-state index in [1.807, 2.05) is 4.90 Å². The Kier molecular flexibility index (Phi) is 3.85. The minimum atomic E-state index is 0.185. The molecule has 1 aliphatic heterocycles. The van der Waals surface area contributed by atoms with Crippen molar-refractivity contribution in [2.24, 2.45) is 17.6 Å². The lowest BCUT2D eigenvalue weighted by atomic mass is 9.78. The van der Waals surface area contributed by atoms with Gasteiger partial charge in [0.25, 0.3) is 0 Å². The molecule has 16 heavy (non-hydrogen) atoms. The lowest BCUT2D eigenvalue weighted by molar-refractivity contribution is -0.136. The molecule has 92 valence electrons. The van der Waals surface area contributed by atoms with Crippen LogP contribution in [0.25, 0.3) is 0 Å². The maximum Gasteiger partial charge on any atom is 0.225 e. The lowest BCUT2D eigenvalue weighted by Gasteiger charge is -2.32. The van der Waals surface area contributed by atoms with Crippen LogP contribution in [0.3, 0.4) is 0 Å². The van der Waals surface area contributed by atoms with Crippen LogP contribution < -0.4 is 5.73 Å². The molecule has 0 aromatic rings. The van der Waals surface area contributed by atoms with Gasteiger partial charge in [-0.15, -0.1) is 0 Å². The summed E-state index contributed by atoms with van der Waals surface area (Å²) in [5.74, 6) is 1.08. The van der Waals surface area contributed by atoms with Gasteiger partial charge in [-0.1, -0.05) is 13.3 Å². The molecule has 3 atom stereocenters. The zero-order valence-electron chi connectivity index (χ0n) is 10.3. The molecule has 0 bridgehead atoms. The molecule has 2 rings (SSSR count). The molecule has 1 heterocycles. The average molecular weight is 224 g/mol. The monoisotopic (exact) mass is 224 g/mol. The summed E-state index contributed by atoms with van der Waals surface area (Å²) in [6.07, 6.45) is 6.94. The maximum atomic E-state index is 12.2. The molecule has 1 aliphatic carbocycles. The predicted octanol–water partition coefficient (Wildman–Crippen LogP) is 1.76. The lowest BCUT2D eigenvalue weighted by Crippen LogP contribution is -2.39. The third-order valence-electron chi connectivity index (χ3n) is 4.27. The Labute approximate surface area is 98.4 Å². The van der Waals surface area contributed by atoms with E-state index in [0.29, 0.717) is 17.9 Å². The van der Waals surface area contributed by atoms with E-state index in [-0.39, 0.29) is 5.92 Å². The number of hydrogen-bond donors (Lipinski definition) is 1. The first kappa shape index (κ1) is 11.9. The third kappa shape index (κ3) is 2.57. The number of hydrogen-bond acceptors (Lipinski definition) is 2. The van der Waals surface area contributed by atoms with Crippen LogP contribution in [0.1, 0.15) is 45.4 Å². The van der Waals surface area contributed by atoms with E-state index in [1.165, 1.54) is 25.7 Å². The third-order valence-corrected chi connectivity index (χ3v) is 4.27. The molecule has 2 N–H and O–H groups in total. The Balaban J connectivity index is 1.89. The maximum absolute atomic E-state index is 12.2. The smallest absolute Gasteiger partial charge is 0.225 e. The first-order chi connectivity index (χ1) is 7.68. The van der Waals surface area contributed by atoms with Crippen LogP contribution in [-0.2, 0) is 4.79 Å². The highest BCUT2D eigenvalue weighted by molar-refractivity contribution is 5.79. The number of nitrogens with two attached hydrogens (primary N) is 1. The van der Waals surface area contributed by atoms with Crippen molar-refractivity contribution in [3.05, 3.63) is 0 Å². The molecule has 0 radical (unpaired) electrons. The second-order valence-corrected chi connectivity index (χ2v) is 5.51. The van der Waals surface area contributed by atoms with Crippen molar-refractivity contribution >= 4 is 5.91 Å². The summed E-state index contributed by atoms with van der Waals surface area (Å²) in [4.78, 5) is 14.3. The summed E-state index contributed by atoms with van der Waals surface area (Å²) in [5, 5.41) is 0. The Morgan fingerprint density at radius 2 is 1.94 bits per heavy atom. The highest BCUT2D eigenvalue weighted by atomic mass is 16.2. The van der Waals surface area contributed by atoms with Gasteiger partial charge in [0, 0.05) is 25.0 Å². The Hall–Kier alpha value is -0.570. The molecule has 1 amide bonds. The van der Waals surface area contributed by atoms with Gasteiger partial charge in [-0.05, 0) is 38.0 Å². The molecule has 2 fully saturated rings. The SMILES string of the molecule is CC(C(=O)N1CCCC1)C1CCCC(N)C1. The number of rotatable bonds is 2.